The van der Waals surface area contributed by atoms with Gasteiger partial charge < -0.3 is 11.1 Å². The topological polar surface area (TPSA) is 72.9 Å². The molecule has 5 nitrogen and oxygen atoms in total. The summed E-state index contributed by atoms with van der Waals surface area (Å²) in [6.07, 6.45) is 3.16. The second kappa shape index (κ2) is 7.16. The van der Waals surface area contributed by atoms with E-state index in [0.29, 0.717) is 24.7 Å². The Hall–Kier alpha value is -1.36. The molecule has 5 heteroatoms. The maximum atomic E-state index is 11.9. The van der Waals surface area contributed by atoms with Crippen LogP contribution in [0.1, 0.15) is 42.4 Å². The minimum absolute atomic E-state index is 0.100. The van der Waals surface area contributed by atoms with Gasteiger partial charge in [0.2, 0.25) is 0 Å². The van der Waals surface area contributed by atoms with Crippen molar-refractivity contribution in [2.24, 2.45) is 18.7 Å². The van der Waals surface area contributed by atoms with Gasteiger partial charge >= 0.3 is 0 Å². The number of nitrogens with one attached hydrogen (secondary N) is 1. The molecule has 0 spiro atoms. The number of rotatable bonds is 7. The van der Waals surface area contributed by atoms with Crippen molar-refractivity contribution in [2.45, 2.75) is 33.1 Å². The van der Waals surface area contributed by atoms with Crippen LogP contribution in [0.15, 0.2) is 6.07 Å². The quantitative estimate of drug-likeness (QED) is 0.766. The van der Waals surface area contributed by atoms with E-state index in [1.165, 1.54) is 0 Å². The van der Waals surface area contributed by atoms with Crippen molar-refractivity contribution >= 4 is 5.91 Å². The highest BCUT2D eigenvalue weighted by Gasteiger charge is 2.13. The molecule has 18 heavy (non-hydrogen) atoms. The van der Waals surface area contributed by atoms with Gasteiger partial charge in [-0.05, 0) is 38.3 Å². The average Bonchev–Trinajstić information content (AvgIpc) is 2.67. The van der Waals surface area contributed by atoms with Crippen LogP contribution >= 0.6 is 0 Å². The largest absolute Gasteiger partial charge is 0.350 e. The Morgan fingerprint density at radius 2 is 2.28 bits per heavy atom. The summed E-state index contributed by atoms with van der Waals surface area (Å²) in [4.78, 5) is 11.9. The number of amides is 1. The summed E-state index contributed by atoms with van der Waals surface area (Å²) in [6.45, 7) is 5.42. The third kappa shape index (κ3) is 4.14. The van der Waals surface area contributed by atoms with Gasteiger partial charge in [0, 0.05) is 19.3 Å². The lowest BCUT2D eigenvalue weighted by Crippen LogP contribution is -2.30. The number of nitrogens with two attached hydrogens (primary N) is 1. The van der Waals surface area contributed by atoms with Gasteiger partial charge in [0.05, 0.1) is 0 Å². The summed E-state index contributed by atoms with van der Waals surface area (Å²) < 4.78 is 1.71. The van der Waals surface area contributed by atoms with Gasteiger partial charge in [-0.3, -0.25) is 9.48 Å². The average molecular weight is 252 g/mol. The minimum Gasteiger partial charge on any atom is -0.350 e. The lowest BCUT2D eigenvalue weighted by atomic mass is 10.00. The van der Waals surface area contributed by atoms with Crippen LogP contribution in [-0.4, -0.2) is 28.8 Å². The first-order valence-corrected chi connectivity index (χ1v) is 6.57. The van der Waals surface area contributed by atoms with E-state index >= 15 is 0 Å². The van der Waals surface area contributed by atoms with Crippen molar-refractivity contribution in [2.75, 3.05) is 13.1 Å². The third-order valence-electron chi connectivity index (χ3n) is 3.17. The molecule has 1 unspecified atom stereocenters. The maximum Gasteiger partial charge on any atom is 0.271 e. The molecular weight excluding hydrogens is 228 g/mol. The number of nitrogens with zero attached hydrogens (tertiary/aromatic N) is 2. The maximum absolute atomic E-state index is 11.9. The molecule has 1 aromatic heterocycles. The fourth-order valence-corrected chi connectivity index (χ4v) is 1.99. The summed E-state index contributed by atoms with van der Waals surface area (Å²) >= 11 is 0. The Kier molecular flexibility index (Phi) is 5.85. The molecule has 1 rings (SSSR count). The Morgan fingerprint density at radius 3 is 2.78 bits per heavy atom. The zero-order chi connectivity index (χ0) is 13.5. The van der Waals surface area contributed by atoms with Crippen molar-refractivity contribution in [3.05, 3.63) is 17.5 Å². The number of aromatic nitrogens is 2. The Balaban J connectivity index is 2.48. The van der Waals surface area contributed by atoms with Gasteiger partial charge in [-0.25, -0.2) is 0 Å². The first-order valence-electron chi connectivity index (χ1n) is 6.57. The first-order chi connectivity index (χ1) is 8.58. The molecule has 0 fully saturated rings. The van der Waals surface area contributed by atoms with Crippen LogP contribution in [-0.2, 0) is 7.05 Å². The van der Waals surface area contributed by atoms with Crippen LogP contribution in [0.5, 0.6) is 0 Å². The molecule has 0 radical (unpaired) electrons. The number of carbonyl (C=O) groups excluding carboxylic acids is 1. The summed E-state index contributed by atoms with van der Waals surface area (Å²) in [7, 11) is 1.83. The molecule has 1 amide bonds. The zero-order valence-electron chi connectivity index (χ0n) is 11.6. The zero-order valence-corrected chi connectivity index (χ0v) is 11.6. The summed E-state index contributed by atoms with van der Waals surface area (Å²) in [6, 6.07) is 1.80. The van der Waals surface area contributed by atoms with Crippen molar-refractivity contribution in [3.8, 4) is 0 Å². The fourth-order valence-electron chi connectivity index (χ4n) is 1.99. The smallest absolute Gasteiger partial charge is 0.271 e. The Morgan fingerprint density at radius 1 is 1.56 bits per heavy atom. The Labute approximate surface area is 109 Å². The standard InChI is InChI=1S/C13H24N4O/c1-4-5-11(6-7-14)9-15-13(18)12-8-10(2)17(3)16-12/h8,11H,4-7,9,14H2,1-3H3,(H,15,18). The molecule has 0 saturated heterocycles. The van der Waals surface area contributed by atoms with Gasteiger partial charge in [0.1, 0.15) is 5.69 Å². The van der Waals surface area contributed by atoms with Crippen LogP contribution in [0.2, 0.25) is 0 Å². The highest BCUT2D eigenvalue weighted by atomic mass is 16.1. The van der Waals surface area contributed by atoms with E-state index in [0.717, 1.165) is 25.0 Å². The van der Waals surface area contributed by atoms with Gasteiger partial charge in [-0.15, -0.1) is 0 Å². The predicted octanol–water partition coefficient (Wildman–Crippen LogP) is 1.22. The lowest BCUT2D eigenvalue weighted by molar-refractivity contribution is 0.0940. The van der Waals surface area contributed by atoms with E-state index in [4.69, 9.17) is 5.73 Å². The molecule has 0 aliphatic carbocycles. The Bertz CT molecular complexity index is 361. The molecule has 0 aliphatic rings. The van der Waals surface area contributed by atoms with E-state index in [1.807, 2.05) is 14.0 Å². The van der Waals surface area contributed by atoms with E-state index in [-0.39, 0.29) is 5.91 Å². The van der Waals surface area contributed by atoms with Crippen molar-refractivity contribution < 1.29 is 4.79 Å². The van der Waals surface area contributed by atoms with Crippen LogP contribution in [0.3, 0.4) is 0 Å². The molecule has 3 N–H and O–H groups in total. The van der Waals surface area contributed by atoms with Crippen LogP contribution in [0.4, 0.5) is 0 Å². The number of aryl methyl sites for hydroxylation is 2. The van der Waals surface area contributed by atoms with Crippen molar-refractivity contribution in [1.82, 2.24) is 15.1 Å². The van der Waals surface area contributed by atoms with Crippen LogP contribution in [0, 0.1) is 12.8 Å². The summed E-state index contributed by atoms with van der Waals surface area (Å²) in [5.41, 5.74) is 7.04. The van der Waals surface area contributed by atoms with E-state index < -0.39 is 0 Å². The lowest BCUT2D eigenvalue weighted by Gasteiger charge is -2.15. The minimum atomic E-state index is -0.100. The number of hydrogen-bond donors (Lipinski definition) is 2. The van der Waals surface area contributed by atoms with Gasteiger partial charge in [0.15, 0.2) is 0 Å². The van der Waals surface area contributed by atoms with Gasteiger partial charge in [-0.2, -0.15) is 5.10 Å². The monoisotopic (exact) mass is 252 g/mol. The van der Waals surface area contributed by atoms with Crippen molar-refractivity contribution in [3.63, 3.8) is 0 Å². The van der Waals surface area contributed by atoms with Crippen LogP contribution in [0.25, 0.3) is 0 Å². The van der Waals surface area contributed by atoms with Crippen molar-refractivity contribution in [1.29, 1.82) is 0 Å². The number of hydrogen-bond acceptors (Lipinski definition) is 3. The second-order valence-electron chi connectivity index (χ2n) is 4.74. The predicted molar refractivity (Wildman–Crippen MR) is 72.3 cm³/mol. The molecule has 0 saturated carbocycles. The molecule has 102 valence electrons. The first kappa shape index (κ1) is 14.7. The second-order valence-corrected chi connectivity index (χ2v) is 4.74. The molecule has 0 bridgehead atoms. The summed E-state index contributed by atoms with van der Waals surface area (Å²) in [5.74, 6) is 0.366. The third-order valence-corrected chi connectivity index (χ3v) is 3.17. The molecular formula is C13H24N4O. The van der Waals surface area contributed by atoms with E-state index in [1.54, 1.807) is 10.7 Å². The summed E-state index contributed by atoms with van der Waals surface area (Å²) in [5, 5.41) is 7.10. The van der Waals surface area contributed by atoms with Gasteiger partial charge in [-0.1, -0.05) is 13.3 Å². The SMILES string of the molecule is CCCC(CCN)CNC(=O)c1cc(C)n(C)n1. The molecule has 1 atom stereocenters. The van der Waals surface area contributed by atoms with E-state index in [9.17, 15) is 4.79 Å². The fraction of sp³-hybridized carbons (Fsp3) is 0.692. The van der Waals surface area contributed by atoms with Crippen LogP contribution < -0.4 is 11.1 Å². The molecule has 0 aromatic carbocycles. The molecule has 1 heterocycles. The highest BCUT2D eigenvalue weighted by Crippen LogP contribution is 2.09. The highest BCUT2D eigenvalue weighted by molar-refractivity contribution is 5.92. The normalized spacial score (nSPS) is 12.4. The number of carbonyl (C=O) groups is 1. The van der Waals surface area contributed by atoms with Gasteiger partial charge in [0.25, 0.3) is 5.91 Å². The van der Waals surface area contributed by atoms with E-state index in [2.05, 4.69) is 17.3 Å². The molecule has 1 aromatic rings. The molecule has 0 aliphatic heterocycles.